The molecule has 1 aromatic carbocycles. The molecule has 0 atom stereocenters. The van der Waals surface area contributed by atoms with Crippen molar-refractivity contribution in [3.8, 4) is 5.75 Å². The van der Waals surface area contributed by atoms with Gasteiger partial charge in [0, 0.05) is 39.1 Å². The standard InChI is InChI=1S/C19H25N3O3/c1-3-17-20-15(2)18(25-17)19(23)22-11-9-21(10-12-22)13-14-24-16-7-5-4-6-8-16/h4-8H,3,9-14H2,1-2H3. The van der Waals surface area contributed by atoms with Gasteiger partial charge in [0.2, 0.25) is 5.76 Å². The Labute approximate surface area is 148 Å². The molecule has 25 heavy (non-hydrogen) atoms. The van der Waals surface area contributed by atoms with Gasteiger partial charge < -0.3 is 14.1 Å². The molecule has 0 N–H and O–H groups in total. The minimum Gasteiger partial charge on any atom is -0.492 e. The molecule has 0 saturated carbocycles. The highest BCUT2D eigenvalue weighted by Gasteiger charge is 2.26. The lowest BCUT2D eigenvalue weighted by Crippen LogP contribution is -2.49. The Morgan fingerprint density at radius 2 is 1.92 bits per heavy atom. The van der Waals surface area contributed by atoms with Gasteiger partial charge in [-0.3, -0.25) is 9.69 Å². The fourth-order valence-electron chi connectivity index (χ4n) is 2.93. The molecule has 1 aliphatic rings. The lowest BCUT2D eigenvalue weighted by Gasteiger charge is -2.34. The number of benzene rings is 1. The van der Waals surface area contributed by atoms with Crippen LogP contribution in [0.5, 0.6) is 5.75 Å². The van der Waals surface area contributed by atoms with Crippen molar-refractivity contribution >= 4 is 5.91 Å². The molecule has 2 heterocycles. The number of hydrogen-bond acceptors (Lipinski definition) is 5. The van der Waals surface area contributed by atoms with Gasteiger partial charge >= 0.3 is 0 Å². The molecule has 0 radical (unpaired) electrons. The summed E-state index contributed by atoms with van der Waals surface area (Å²) in [5, 5.41) is 0. The highest BCUT2D eigenvalue weighted by molar-refractivity contribution is 5.92. The van der Waals surface area contributed by atoms with Gasteiger partial charge in [-0.05, 0) is 19.1 Å². The average Bonchev–Trinajstić information content (AvgIpc) is 3.03. The van der Waals surface area contributed by atoms with E-state index in [4.69, 9.17) is 9.15 Å². The van der Waals surface area contributed by atoms with Gasteiger partial charge in [0.1, 0.15) is 12.4 Å². The fourth-order valence-corrected chi connectivity index (χ4v) is 2.93. The molecular formula is C19H25N3O3. The molecule has 1 saturated heterocycles. The Balaban J connectivity index is 1.45. The molecule has 0 unspecified atom stereocenters. The van der Waals surface area contributed by atoms with Crippen LogP contribution in [0.4, 0.5) is 0 Å². The Kier molecular flexibility index (Phi) is 5.71. The second-order valence-electron chi connectivity index (χ2n) is 6.17. The number of ether oxygens (including phenoxy) is 1. The van der Waals surface area contributed by atoms with Crippen LogP contribution in [0.15, 0.2) is 34.7 Å². The van der Waals surface area contributed by atoms with Crippen molar-refractivity contribution in [2.45, 2.75) is 20.3 Å². The fraction of sp³-hybridized carbons (Fsp3) is 0.474. The number of carbonyl (C=O) groups excluding carboxylic acids is 1. The highest BCUT2D eigenvalue weighted by Crippen LogP contribution is 2.15. The largest absolute Gasteiger partial charge is 0.492 e. The summed E-state index contributed by atoms with van der Waals surface area (Å²) in [7, 11) is 0. The Bertz CT molecular complexity index is 691. The summed E-state index contributed by atoms with van der Waals surface area (Å²) in [4.78, 5) is 21.1. The zero-order valence-electron chi connectivity index (χ0n) is 14.9. The lowest BCUT2D eigenvalue weighted by molar-refractivity contribution is 0.0587. The quantitative estimate of drug-likeness (QED) is 0.806. The van der Waals surface area contributed by atoms with E-state index in [0.717, 1.165) is 25.4 Å². The van der Waals surface area contributed by atoms with E-state index < -0.39 is 0 Å². The first-order chi connectivity index (χ1) is 12.2. The number of aryl methyl sites for hydroxylation is 2. The van der Waals surface area contributed by atoms with Crippen LogP contribution in [0.2, 0.25) is 0 Å². The van der Waals surface area contributed by atoms with E-state index in [1.54, 1.807) is 0 Å². The maximum absolute atomic E-state index is 12.6. The van der Waals surface area contributed by atoms with Crippen LogP contribution >= 0.6 is 0 Å². The van der Waals surface area contributed by atoms with Gasteiger partial charge in [-0.1, -0.05) is 25.1 Å². The lowest BCUT2D eigenvalue weighted by atomic mass is 10.2. The number of amides is 1. The Hall–Kier alpha value is -2.34. The van der Waals surface area contributed by atoms with Crippen LogP contribution in [0.25, 0.3) is 0 Å². The summed E-state index contributed by atoms with van der Waals surface area (Å²) < 4.78 is 11.3. The molecule has 1 fully saturated rings. The zero-order chi connectivity index (χ0) is 17.6. The van der Waals surface area contributed by atoms with Crippen molar-refractivity contribution in [3.63, 3.8) is 0 Å². The number of nitrogens with zero attached hydrogens (tertiary/aromatic N) is 3. The first-order valence-corrected chi connectivity index (χ1v) is 8.83. The topological polar surface area (TPSA) is 58.8 Å². The highest BCUT2D eigenvalue weighted by atomic mass is 16.5. The predicted molar refractivity (Wildman–Crippen MR) is 94.9 cm³/mol. The number of para-hydroxylation sites is 1. The van der Waals surface area contributed by atoms with Crippen LogP contribution in [0.1, 0.15) is 29.1 Å². The second-order valence-corrected chi connectivity index (χ2v) is 6.17. The Morgan fingerprint density at radius 3 is 2.56 bits per heavy atom. The van der Waals surface area contributed by atoms with Crippen LogP contribution < -0.4 is 4.74 Å². The van der Waals surface area contributed by atoms with Gasteiger partial charge in [0.15, 0.2) is 5.89 Å². The molecule has 134 valence electrons. The number of piperazine rings is 1. The number of carbonyl (C=O) groups is 1. The summed E-state index contributed by atoms with van der Waals surface area (Å²) in [5.74, 6) is 1.85. The first-order valence-electron chi connectivity index (χ1n) is 8.83. The van der Waals surface area contributed by atoms with E-state index in [1.165, 1.54) is 0 Å². The number of oxazole rings is 1. The van der Waals surface area contributed by atoms with Crippen molar-refractivity contribution < 1.29 is 13.9 Å². The molecule has 1 aliphatic heterocycles. The number of rotatable bonds is 6. The van der Waals surface area contributed by atoms with Gasteiger partial charge in [-0.2, -0.15) is 0 Å². The van der Waals surface area contributed by atoms with E-state index >= 15 is 0 Å². The smallest absolute Gasteiger partial charge is 0.291 e. The van der Waals surface area contributed by atoms with Crippen LogP contribution in [0, 0.1) is 6.92 Å². The van der Waals surface area contributed by atoms with E-state index in [0.29, 0.717) is 43.5 Å². The maximum atomic E-state index is 12.6. The van der Waals surface area contributed by atoms with Crippen LogP contribution in [0.3, 0.4) is 0 Å². The molecule has 0 spiro atoms. The van der Waals surface area contributed by atoms with Crippen LogP contribution in [-0.2, 0) is 6.42 Å². The first kappa shape index (κ1) is 17.5. The third-order valence-electron chi connectivity index (χ3n) is 4.42. The van der Waals surface area contributed by atoms with Crippen molar-refractivity contribution in [1.29, 1.82) is 0 Å². The molecule has 1 aromatic heterocycles. The third-order valence-corrected chi connectivity index (χ3v) is 4.42. The summed E-state index contributed by atoms with van der Waals surface area (Å²) >= 11 is 0. The molecule has 3 rings (SSSR count). The van der Waals surface area contributed by atoms with Gasteiger partial charge in [-0.25, -0.2) is 4.98 Å². The summed E-state index contributed by atoms with van der Waals surface area (Å²) in [6.07, 6.45) is 0.698. The summed E-state index contributed by atoms with van der Waals surface area (Å²) in [5.41, 5.74) is 0.681. The van der Waals surface area contributed by atoms with Crippen molar-refractivity contribution in [3.05, 3.63) is 47.7 Å². The molecule has 1 amide bonds. The predicted octanol–water partition coefficient (Wildman–Crippen LogP) is 2.38. The van der Waals surface area contributed by atoms with Crippen molar-refractivity contribution in [2.75, 3.05) is 39.3 Å². The average molecular weight is 343 g/mol. The maximum Gasteiger partial charge on any atom is 0.291 e. The Morgan fingerprint density at radius 1 is 1.20 bits per heavy atom. The van der Waals surface area contributed by atoms with E-state index in [-0.39, 0.29) is 5.91 Å². The van der Waals surface area contributed by atoms with E-state index in [1.807, 2.05) is 49.1 Å². The molecular weight excluding hydrogens is 318 g/mol. The molecule has 2 aromatic rings. The zero-order valence-corrected chi connectivity index (χ0v) is 14.9. The second kappa shape index (κ2) is 8.16. The van der Waals surface area contributed by atoms with Gasteiger partial charge in [-0.15, -0.1) is 0 Å². The van der Waals surface area contributed by atoms with Crippen LogP contribution in [-0.4, -0.2) is 60.0 Å². The minimum absolute atomic E-state index is 0.0510. The normalized spacial score (nSPS) is 15.4. The number of hydrogen-bond donors (Lipinski definition) is 0. The van der Waals surface area contributed by atoms with E-state index in [2.05, 4.69) is 9.88 Å². The summed E-state index contributed by atoms with van der Waals surface area (Å²) in [6.45, 7) is 8.40. The monoisotopic (exact) mass is 343 g/mol. The van der Waals surface area contributed by atoms with Gasteiger partial charge in [0.25, 0.3) is 5.91 Å². The van der Waals surface area contributed by atoms with E-state index in [9.17, 15) is 4.79 Å². The number of aromatic nitrogens is 1. The van der Waals surface area contributed by atoms with Crippen molar-refractivity contribution in [2.24, 2.45) is 0 Å². The minimum atomic E-state index is -0.0510. The molecule has 0 bridgehead atoms. The molecule has 6 heteroatoms. The SMILES string of the molecule is CCc1nc(C)c(C(=O)N2CCN(CCOc3ccccc3)CC2)o1. The molecule has 6 nitrogen and oxygen atoms in total. The molecule has 0 aliphatic carbocycles. The van der Waals surface area contributed by atoms with Gasteiger partial charge in [0.05, 0.1) is 5.69 Å². The summed E-state index contributed by atoms with van der Waals surface area (Å²) in [6, 6.07) is 9.83. The van der Waals surface area contributed by atoms with Crippen molar-refractivity contribution in [1.82, 2.24) is 14.8 Å². The third kappa shape index (κ3) is 4.39.